The van der Waals surface area contributed by atoms with E-state index in [0.29, 0.717) is 5.69 Å². The first kappa shape index (κ1) is 13.5. The van der Waals surface area contributed by atoms with Crippen molar-refractivity contribution in [3.05, 3.63) is 35.3 Å². The molecule has 0 saturated heterocycles. The van der Waals surface area contributed by atoms with Crippen LogP contribution < -0.4 is 10.6 Å². The fraction of sp³-hybridized carbons (Fsp3) is 0.231. The molecule has 0 aliphatic heterocycles. The average Bonchev–Trinajstić information content (AvgIpc) is 2.84. The second-order valence-electron chi connectivity index (χ2n) is 3.98. The molecule has 0 spiro atoms. The molecule has 3 N–H and O–H groups in total. The first-order chi connectivity index (χ1) is 9.19. The van der Waals surface area contributed by atoms with Gasteiger partial charge in [0, 0.05) is 28.9 Å². The summed E-state index contributed by atoms with van der Waals surface area (Å²) in [6.45, 7) is 2.12. The van der Waals surface area contributed by atoms with Crippen LogP contribution in [0.15, 0.2) is 29.6 Å². The van der Waals surface area contributed by atoms with Gasteiger partial charge in [0.2, 0.25) is 0 Å². The van der Waals surface area contributed by atoms with E-state index in [1.54, 1.807) is 11.3 Å². The first-order valence-corrected chi connectivity index (χ1v) is 6.75. The molecule has 0 bridgehead atoms. The van der Waals surface area contributed by atoms with Crippen LogP contribution in [0.1, 0.15) is 5.69 Å². The molecule has 1 aromatic carbocycles. The lowest BCUT2D eigenvalue weighted by molar-refractivity contribution is 0.245. The highest BCUT2D eigenvalue weighted by molar-refractivity contribution is 7.13. The van der Waals surface area contributed by atoms with Crippen molar-refractivity contribution in [2.45, 2.75) is 6.92 Å². The van der Waals surface area contributed by atoms with Crippen LogP contribution in [-0.2, 0) is 0 Å². The molecule has 0 aliphatic carbocycles. The summed E-state index contributed by atoms with van der Waals surface area (Å²) in [6, 6.07) is 7.15. The molecule has 5 nitrogen and oxygen atoms in total. The van der Waals surface area contributed by atoms with Crippen molar-refractivity contribution in [3.63, 3.8) is 0 Å². The molecule has 2 amide bonds. The Morgan fingerprint density at radius 2 is 2.11 bits per heavy atom. The fourth-order valence-corrected chi connectivity index (χ4v) is 2.33. The number of carbonyl (C=O) groups excluding carboxylic acids is 1. The van der Waals surface area contributed by atoms with Gasteiger partial charge in [0.15, 0.2) is 0 Å². The van der Waals surface area contributed by atoms with E-state index in [2.05, 4.69) is 15.6 Å². The maximum Gasteiger partial charge on any atom is 0.319 e. The van der Waals surface area contributed by atoms with Gasteiger partial charge in [-0.05, 0) is 31.2 Å². The SMILES string of the molecule is Cc1csc(-c2ccc(NC(=O)NCCO)cc2)n1. The molecule has 0 aliphatic rings. The lowest BCUT2D eigenvalue weighted by Gasteiger charge is -2.06. The molecule has 0 atom stereocenters. The third-order valence-electron chi connectivity index (χ3n) is 2.41. The van der Waals surface area contributed by atoms with Gasteiger partial charge in [-0.1, -0.05) is 0 Å². The summed E-state index contributed by atoms with van der Waals surface area (Å²) in [5.41, 5.74) is 2.73. The zero-order chi connectivity index (χ0) is 13.7. The van der Waals surface area contributed by atoms with E-state index < -0.39 is 0 Å². The van der Waals surface area contributed by atoms with Crippen LogP contribution in [0.4, 0.5) is 10.5 Å². The number of aliphatic hydroxyl groups excluding tert-OH is 1. The van der Waals surface area contributed by atoms with Gasteiger partial charge in [-0.3, -0.25) is 0 Å². The maximum atomic E-state index is 11.4. The largest absolute Gasteiger partial charge is 0.395 e. The monoisotopic (exact) mass is 277 g/mol. The van der Waals surface area contributed by atoms with E-state index in [-0.39, 0.29) is 19.2 Å². The number of aryl methyl sites for hydroxylation is 1. The molecule has 0 unspecified atom stereocenters. The number of thiazole rings is 1. The Morgan fingerprint density at radius 3 is 2.68 bits per heavy atom. The average molecular weight is 277 g/mol. The molecule has 0 radical (unpaired) electrons. The zero-order valence-corrected chi connectivity index (χ0v) is 11.3. The minimum atomic E-state index is -0.327. The van der Waals surface area contributed by atoms with Gasteiger partial charge in [0.25, 0.3) is 0 Å². The number of anilines is 1. The number of aliphatic hydroxyl groups is 1. The van der Waals surface area contributed by atoms with Crippen LogP contribution in [0.3, 0.4) is 0 Å². The number of hydrogen-bond donors (Lipinski definition) is 3. The second kappa shape index (κ2) is 6.31. The smallest absolute Gasteiger partial charge is 0.319 e. The molecule has 100 valence electrons. The highest BCUT2D eigenvalue weighted by atomic mass is 32.1. The lowest BCUT2D eigenvalue weighted by atomic mass is 10.2. The molecular formula is C13H15N3O2S. The minimum absolute atomic E-state index is 0.0737. The Labute approximate surface area is 115 Å². The van der Waals surface area contributed by atoms with Crippen LogP contribution in [0, 0.1) is 6.92 Å². The summed E-state index contributed by atoms with van der Waals surface area (Å²) in [5.74, 6) is 0. The normalized spacial score (nSPS) is 10.2. The van der Waals surface area contributed by atoms with Gasteiger partial charge in [0.1, 0.15) is 5.01 Å². The zero-order valence-electron chi connectivity index (χ0n) is 10.5. The summed E-state index contributed by atoms with van der Waals surface area (Å²) in [4.78, 5) is 15.8. The number of aromatic nitrogens is 1. The van der Waals surface area contributed by atoms with Crippen molar-refractivity contribution >= 4 is 23.1 Å². The van der Waals surface area contributed by atoms with Gasteiger partial charge in [-0.15, -0.1) is 11.3 Å². The summed E-state index contributed by atoms with van der Waals surface area (Å²) >= 11 is 1.59. The van der Waals surface area contributed by atoms with Crippen molar-refractivity contribution < 1.29 is 9.90 Å². The van der Waals surface area contributed by atoms with Crippen molar-refractivity contribution in [3.8, 4) is 10.6 Å². The van der Waals surface area contributed by atoms with E-state index >= 15 is 0 Å². The van der Waals surface area contributed by atoms with E-state index in [4.69, 9.17) is 5.11 Å². The molecule has 1 heterocycles. The van der Waals surface area contributed by atoms with Crippen LogP contribution in [0.2, 0.25) is 0 Å². The summed E-state index contributed by atoms with van der Waals surface area (Å²) in [5, 5.41) is 16.8. The Kier molecular flexibility index (Phi) is 4.48. The lowest BCUT2D eigenvalue weighted by Crippen LogP contribution is -2.30. The number of amides is 2. The Hall–Kier alpha value is -1.92. The quantitative estimate of drug-likeness (QED) is 0.802. The van der Waals surface area contributed by atoms with E-state index in [0.717, 1.165) is 16.3 Å². The van der Waals surface area contributed by atoms with Crippen molar-refractivity contribution in [2.24, 2.45) is 0 Å². The van der Waals surface area contributed by atoms with Gasteiger partial charge in [-0.2, -0.15) is 0 Å². The van der Waals surface area contributed by atoms with Crippen molar-refractivity contribution in [2.75, 3.05) is 18.5 Å². The molecule has 0 fully saturated rings. The number of nitrogens with one attached hydrogen (secondary N) is 2. The Balaban J connectivity index is 2.00. The van der Waals surface area contributed by atoms with Crippen molar-refractivity contribution in [1.82, 2.24) is 10.3 Å². The van der Waals surface area contributed by atoms with Crippen LogP contribution in [0.5, 0.6) is 0 Å². The maximum absolute atomic E-state index is 11.4. The molecule has 2 rings (SSSR count). The summed E-state index contributed by atoms with van der Waals surface area (Å²) in [7, 11) is 0. The third-order valence-corrected chi connectivity index (χ3v) is 3.42. The number of nitrogens with zero attached hydrogens (tertiary/aromatic N) is 1. The Bertz CT molecular complexity index is 551. The molecular weight excluding hydrogens is 262 g/mol. The molecule has 19 heavy (non-hydrogen) atoms. The second-order valence-corrected chi connectivity index (χ2v) is 4.83. The van der Waals surface area contributed by atoms with Gasteiger partial charge >= 0.3 is 6.03 Å². The third kappa shape index (κ3) is 3.77. The molecule has 0 saturated carbocycles. The number of carbonyl (C=O) groups is 1. The van der Waals surface area contributed by atoms with E-state index in [1.165, 1.54) is 0 Å². The molecule has 6 heteroatoms. The predicted molar refractivity (Wildman–Crippen MR) is 76.4 cm³/mol. The van der Waals surface area contributed by atoms with Crippen LogP contribution in [0.25, 0.3) is 10.6 Å². The highest BCUT2D eigenvalue weighted by Crippen LogP contribution is 2.24. The topological polar surface area (TPSA) is 74.2 Å². The first-order valence-electron chi connectivity index (χ1n) is 5.87. The highest BCUT2D eigenvalue weighted by Gasteiger charge is 2.04. The number of hydrogen-bond acceptors (Lipinski definition) is 4. The van der Waals surface area contributed by atoms with E-state index in [1.807, 2.05) is 36.6 Å². The number of rotatable bonds is 4. The molecule has 2 aromatic rings. The standard InChI is InChI=1S/C13H15N3O2S/c1-9-8-19-12(15-9)10-2-4-11(5-3-10)16-13(18)14-6-7-17/h2-5,8,17H,6-7H2,1H3,(H2,14,16,18). The van der Waals surface area contributed by atoms with Crippen molar-refractivity contribution in [1.29, 1.82) is 0 Å². The summed E-state index contributed by atoms with van der Waals surface area (Å²) < 4.78 is 0. The Morgan fingerprint density at radius 1 is 1.37 bits per heavy atom. The van der Waals surface area contributed by atoms with Gasteiger partial charge in [0.05, 0.1) is 6.61 Å². The fourth-order valence-electron chi connectivity index (χ4n) is 1.53. The van der Waals surface area contributed by atoms with Crippen LogP contribution in [-0.4, -0.2) is 29.3 Å². The summed E-state index contributed by atoms with van der Waals surface area (Å²) in [6.07, 6.45) is 0. The minimum Gasteiger partial charge on any atom is -0.395 e. The van der Waals surface area contributed by atoms with E-state index in [9.17, 15) is 4.79 Å². The number of urea groups is 1. The number of benzene rings is 1. The van der Waals surface area contributed by atoms with Gasteiger partial charge in [-0.25, -0.2) is 9.78 Å². The van der Waals surface area contributed by atoms with Crippen LogP contribution >= 0.6 is 11.3 Å². The predicted octanol–water partition coefficient (Wildman–Crippen LogP) is 2.23. The van der Waals surface area contributed by atoms with Gasteiger partial charge < -0.3 is 15.7 Å². The molecule has 1 aromatic heterocycles.